The number of carbonyl (C=O) groups excluding carboxylic acids is 1. The molecule has 2 rings (SSSR count). The lowest BCUT2D eigenvalue weighted by molar-refractivity contribution is -0.139. The normalized spacial score (nSPS) is 13.6. The molecule has 0 aliphatic rings. The molecule has 4 nitrogen and oxygen atoms in total. The Kier molecular flexibility index (Phi) is 6.60. The van der Waals surface area contributed by atoms with Crippen LogP contribution in [0.1, 0.15) is 41.9 Å². The van der Waals surface area contributed by atoms with E-state index >= 15 is 0 Å². The number of hydrogen-bond acceptors (Lipinski definition) is 2. The summed E-state index contributed by atoms with van der Waals surface area (Å²) in [5.74, 6) is -3.17. The van der Waals surface area contributed by atoms with Crippen molar-refractivity contribution in [2.45, 2.75) is 31.4 Å². The molecule has 0 aliphatic heterocycles. The largest absolute Gasteiger partial charge is 0.481 e. The molecule has 0 spiro atoms. The van der Waals surface area contributed by atoms with Crippen LogP contribution in [0.5, 0.6) is 0 Å². The van der Waals surface area contributed by atoms with Crippen molar-refractivity contribution >= 4 is 11.9 Å². The second kappa shape index (κ2) is 8.70. The molecule has 0 bridgehead atoms. The van der Waals surface area contributed by atoms with Gasteiger partial charge in [0.05, 0.1) is 11.5 Å². The van der Waals surface area contributed by atoms with Crippen LogP contribution in [0, 0.1) is 0 Å². The van der Waals surface area contributed by atoms with Crippen molar-refractivity contribution in [1.82, 2.24) is 5.32 Å². The molecule has 0 aromatic heterocycles. The predicted molar refractivity (Wildman–Crippen MR) is 94.3 cm³/mol. The van der Waals surface area contributed by atoms with Gasteiger partial charge in [-0.3, -0.25) is 9.59 Å². The van der Waals surface area contributed by atoms with Gasteiger partial charge in [0.25, 0.3) is 0 Å². The van der Waals surface area contributed by atoms with Crippen LogP contribution >= 0.6 is 0 Å². The number of nitrogens with one attached hydrogen (secondary N) is 1. The van der Waals surface area contributed by atoms with Crippen molar-refractivity contribution in [2.24, 2.45) is 0 Å². The fraction of sp³-hybridized carbons (Fsp3) is 0.300. The zero-order valence-electron chi connectivity index (χ0n) is 14.7. The van der Waals surface area contributed by atoms with E-state index in [1.165, 1.54) is 25.1 Å². The number of carbonyl (C=O) groups is 2. The van der Waals surface area contributed by atoms with Gasteiger partial charge in [-0.15, -0.1) is 0 Å². The highest BCUT2D eigenvalue weighted by molar-refractivity contribution is 5.80. The third kappa shape index (κ3) is 5.57. The monoisotopic (exact) mass is 379 g/mol. The van der Waals surface area contributed by atoms with Gasteiger partial charge < -0.3 is 10.4 Å². The molecule has 0 radical (unpaired) electrons. The Morgan fingerprint density at radius 2 is 1.63 bits per heavy atom. The molecule has 2 atom stereocenters. The van der Waals surface area contributed by atoms with Gasteiger partial charge in [0.2, 0.25) is 5.91 Å². The maximum absolute atomic E-state index is 13.1. The Balaban J connectivity index is 2.02. The summed E-state index contributed by atoms with van der Waals surface area (Å²) in [6.07, 6.45) is -4.67. The van der Waals surface area contributed by atoms with E-state index in [0.717, 1.165) is 6.07 Å². The molecular formula is C20H20F3NO3. The molecular weight excluding hydrogens is 359 g/mol. The number of rotatable bonds is 7. The standard InChI is InChI=1S/C20H20F3NO3/c1-13(15-9-5-6-10-17(15)20(21,22)23)11-18(25)24-12-16(19(26)27)14-7-3-2-4-8-14/h2-10,13,16H,11-12H2,1H3,(H,24,25)(H,26,27). The lowest BCUT2D eigenvalue weighted by Crippen LogP contribution is -2.32. The van der Waals surface area contributed by atoms with Crippen LogP contribution < -0.4 is 5.32 Å². The molecule has 1 amide bonds. The molecule has 2 N–H and O–H groups in total. The van der Waals surface area contributed by atoms with Gasteiger partial charge in [0, 0.05) is 13.0 Å². The van der Waals surface area contributed by atoms with Crippen molar-refractivity contribution < 1.29 is 27.9 Å². The van der Waals surface area contributed by atoms with Crippen molar-refractivity contribution in [2.75, 3.05) is 6.54 Å². The van der Waals surface area contributed by atoms with Gasteiger partial charge in [-0.25, -0.2) is 0 Å². The van der Waals surface area contributed by atoms with E-state index in [-0.39, 0.29) is 18.5 Å². The van der Waals surface area contributed by atoms with Crippen molar-refractivity contribution in [3.05, 3.63) is 71.3 Å². The number of carboxylic acid groups (broad SMARTS) is 1. The predicted octanol–water partition coefficient (Wildman–Crippen LogP) is 4.18. The summed E-state index contributed by atoms with van der Waals surface area (Å²) < 4.78 is 39.3. The minimum absolute atomic E-state index is 0.0398. The lowest BCUT2D eigenvalue weighted by Gasteiger charge is -2.19. The van der Waals surface area contributed by atoms with Crippen LogP contribution in [0.15, 0.2) is 54.6 Å². The van der Waals surface area contributed by atoms with Gasteiger partial charge in [0.1, 0.15) is 0 Å². The highest BCUT2D eigenvalue weighted by Gasteiger charge is 2.34. The number of halogens is 3. The summed E-state index contributed by atoms with van der Waals surface area (Å²) in [6.45, 7) is 1.40. The van der Waals surface area contributed by atoms with E-state index in [4.69, 9.17) is 0 Å². The van der Waals surface area contributed by atoms with E-state index in [0.29, 0.717) is 5.56 Å². The lowest BCUT2D eigenvalue weighted by atomic mass is 9.92. The Morgan fingerprint density at radius 3 is 2.22 bits per heavy atom. The van der Waals surface area contributed by atoms with Crippen LogP contribution in [0.25, 0.3) is 0 Å². The Morgan fingerprint density at radius 1 is 1.04 bits per heavy atom. The number of carboxylic acids is 1. The molecule has 2 aromatic carbocycles. The molecule has 0 saturated heterocycles. The zero-order valence-corrected chi connectivity index (χ0v) is 14.7. The van der Waals surface area contributed by atoms with E-state index in [2.05, 4.69) is 5.32 Å². The Labute approximate surface area is 155 Å². The van der Waals surface area contributed by atoms with Crippen LogP contribution in [-0.4, -0.2) is 23.5 Å². The summed E-state index contributed by atoms with van der Waals surface area (Å²) in [5.41, 5.74) is -0.184. The first-order valence-corrected chi connectivity index (χ1v) is 8.40. The summed E-state index contributed by atoms with van der Waals surface area (Å²) in [5, 5.41) is 11.9. The van der Waals surface area contributed by atoms with Gasteiger partial charge in [-0.1, -0.05) is 55.5 Å². The second-order valence-corrected chi connectivity index (χ2v) is 6.30. The molecule has 0 saturated carbocycles. The highest BCUT2D eigenvalue weighted by atomic mass is 19.4. The highest BCUT2D eigenvalue weighted by Crippen LogP contribution is 2.35. The van der Waals surface area contributed by atoms with Gasteiger partial charge in [0.15, 0.2) is 0 Å². The van der Waals surface area contributed by atoms with Crippen LogP contribution in [-0.2, 0) is 15.8 Å². The summed E-state index contributed by atoms with van der Waals surface area (Å²) in [4.78, 5) is 23.6. The fourth-order valence-corrected chi connectivity index (χ4v) is 2.89. The van der Waals surface area contributed by atoms with E-state index in [1.807, 2.05) is 0 Å². The average Bonchev–Trinajstić information content (AvgIpc) is 2.61. The summed E-state index contributed by atoms with van der Waals surface area (Å²) in [6, 6.07) is 13.6. The second-order valence-electron chi connectivity index (χ2n) is 6.30. The van der Waals surface area contributed by atoms with Gasteiger partial charge >= 0.3 is 12.1 Å². The molecule has 0 fully saturated rings. The third-order valence-electron chi connectivity index (χ3n) is 4.29. The first-order valence-electron chi connectivity index (χ1n) is 8.40. The van der Waals surface area contributed by atoms with Crippen molar-refractivity contribution in [3.8, 4) is 0 Å². The molecule has 144 valence electrons. The number of alkyl halides is 3. The van der Waals surface area contributed by atoms with Crippen LogP contribution in [0.4, 0.5) is 13.2 Å². The van der Waals surface area contributed by atoms with E-state index in [9.17, 15) is 27.9 Å². The number of benzene rings is 2. The van der Waals surface area contributed by atoms with E-state index in [1.54, 1.807) is 30.3 Å². The maximum atomic E-state index is 13.1. The van der Waals surface area contributed by atoms with Gasteiger partial charge in [-0.05, 0) is 23.1 Å². The third-order valence-corrected chi connectivity index (χ3v) is 4.29. The Hall–Kier alpha value is -2.83. The maximum Gasteiger partial charge on any atom is 0.416 e. The smallest absolute Gasteiger partial charge is 0.416 e. The number of hydrogen-bond donors (Lipinski definition) is 2. The molecule has 27 heavy (non-hydrogen) atoms. The molecule has 2 aromatic rings. The number of amides is 1. The first-order chi connectivity index (χ1) is 12.7. The van der Waals surface area contributed by atoms with E-state index < -0.39 is 35.5 Å². The topological polar surface area (TPSA) is 66.4 Å². The van der Waals surface area contributed by atoms with Crippen LogP contribution in [0.3, 0.4) is 0 Å². The summed E-state index contributed by atoms with van der Waals surface area (Å²) >= 11 is 0. The average molecular weight is 379 g/mol. The molecule has 2 unspecified atom stereocenters. The quantitative estimate of drug-likeness (QED) is 0.758. The van der Waals surface area contributed by atoms with Crippen molar-refractivity contribution in [3.63, 3.8) is 0 Å². The summed E-state index contributed by atoms with van der Waals surface area (Å²) in [7, 11) is 0. The first kappa shape index (κ1) is 20.5. The zero-order chi connectivity index (χ0) is 20.0. The van der Waals surface area contributed by atoms with Crippen LogP contribution in [0.2, 0.25) is 0 Å². The minimum Gasteiger partial charge on any atom is -0.481 e. The molecule has 0 heterocycles. The van der Waals surface area contributed by atoms with Gasteiger partial charge in [-0.2, -0.15) is 13.2 Å². The fourth-order valence-electron chi connectivity index (χ4n) is 2.89. The molecule has 7 heteroatoms. The minimum atomic E-state index is -4.50. The van der Waals surface area contributed by atoms with Crippen molar-refractivity contribution in [1.29, 1.82) is 0 Å². The molecule has 0 aliphatic carbocycles. The number of aliphatic carboxylic acids is 1. The SMILES string of the molecule is CC(CC(=O)NCC(C(=O)O)c1ccccc1)c1ccccc1C(F)(F)F. The Bertz CT molecular complexity index is 791.